The largest absolute Gasteiger partial charge is 0.490 e. The smallest absolute Gasteiger partial charge is 0.247 e. The van der Waals surface area contributed by atoms with Gasteiger partial charge in [-0.3, -0.25) is 9.59 Å². The van der Waals surface area contributed by atoms with E-state index < -0.39 is 6.04 Å². The van der Waals surface area contributed by atoms with Gasteiger partial charge in [0.25, 0.3) is 0 Å². The van der Waals surface area contributed by atoms with E-state index in [1.807, 2.05) is 41.5 Å². The normalized spacial score (nSPS) is 12.0. The lowest BCUT2D eigenvalue weighted by atomic mass is 10.0. The molecule has 0 saturated carbocycles. The number of ether oxygens (including phenoxy) is 2. The topological polar surface area (TPSA) is 76.7 Å². The number of rotatable bonds is 12. The van der Waals surface area contributed by atoms with E-state index >= 15 is 0 Å². The number of hydrogen-bond acceptors (Lipinski definition) is 4. The third-order valence-electron chi connectivity index (χ3n) is 3.99. The molecule has 0 heterocycles. The molecule has 0 radical (unpaired) electrons. The van der Waals surface area contributed by atoms with Crippen molar-refractivity contribution in [1.82, 2.24) is 5.32 Å². The highest BCUT2D eigenvalue weighted by Gasteiger charge is 2.24. The summed E-state index contributed by atoms with van der Waals surface area (Å²) in [5.74, 6) is 1.13. The molecule has 0 aliphatic heterocycles. The third kappa shape index (κ3) is 8.19. The minimum atomic E-state index is -0.595. The van der Waals surface area contributed by atoms with Crippen molar-refractivity contribution >= 4 is 17.5 Å². The molecule has 2 amide bonds. The highest BCUT2D eigenvalue weighted by atomic mass is 16.5. The Morgan fingerprint density at radius 2 is 1.57 bits per heavy atom. The molecular formula is C22H36N2O4. The van der Waals surface area contributed by atoms with E-state index in [4.69, 9.17) is 9.47 Å². The SMILES string of the molecule is CCCOc1ccc(NC(=O)C(NC(=O)CC(C)C)C(C)C)cc1OCCC. The van der Waals surface area contributed by atoms with Crippen molar-refractivity contribution < 1.29 is 19.1 Å². The molecule has 0 saturated heterocycles. The number of hydrogen-bond donors (Lipinski definition) is 2. The molecule has 1 unspecified atom stereocenters. The summed E-state index contributed by atoms with van der Waals surface area (Å²) in [5.41, 5.74) is 0.615. The summed E-state index contributed by atoms with van der Waals surface area (Å²) in [5, 5.41) is 5.74. The third-order valence-corrected chi connectivity index (χ3v) is 3.99. The van der Waals surface area contributed by atoms with Crippen LogP contribution in [-0.4, -0.2) is 31.1 Å². The van der Waals surface area contributed by atoms with Gasteiger partial charge in [-0.15, -0.1) is 0 Å². The highest BCUT2D eigenvalue weighted by molar-refractivity contribution is 5.97. The number of amides is 2. The molecule has 6 heteroatoms. The minimum Gasteiger partial charge on any atom is -0.490 e. The van der Waals surface area contributed by atoms with Gasteiger partial charge in [-0.05, 0) is 36.8 Å². The Kier molecular flexibility index (Phi) is 10.4. The maximum absolute atomic E-state index is 12.8. The fraction of sp³-hybridized carbons (Fsp3) is 0.636. The number of anilines is 1. The van der Waals surface area contributed by atoms with E-state index in [0.717, 1.165) is 12.8 Å². The molecule has 0 aromatic heterocycles. The minimum absolute atomic E-state index is 0.0286. The molecule has 0 aliphatic rings. The molecule has 0 bridgehead atoms. The zero-order chi connectivity index (χ0) is 21.1. The summed E-state index contributed by atoms with van der Waals surface area (Å²) in [6.45, 7) is 13.0. The van der Waals surface area contributed by atoms with E-state index in [2.05, 4.69) is 10.6 Å². The molecule has 0 aliphatic carbocycles. The fourth-order valence-electron chi connectivity index (χ4n) is 2.60. The van der Waals surface area contributed by atoms with E-state index in [1.54, 1.807) is 18.2 Å². The lowest BCUT2D eigenvalue weighted by Gasteiger charge is -2.22. The maximum Gasteiger partial charge on any atom is 0.247 e. The van der Waals surface area contributed by atoms with Gasteiger partial charge < -0.3 is 20.1 Å². The molecule has 1 aromatic carbocycles. The van der Waals surface area contributed by atoms with Crippen molar-refractivity contribution in [3.05, 3.63) is 18.2 Å². The Morgan fingerprint density at radius 3 is 2.11 bits per heavy atom. The van der Waals surface area contributed by atoms with Crippen LogP contribution in [0.2, 0.25) is 0 Å². The van der Waals surface area contributed by atoms with Gasteiger partial charge in [0.1, 0.15) is 6.04 Å². The summed E-state index contributed by atoms with van der Waals surface area (Å²) in [6.07, 6.45) is 2.17. The molecule has 6 nitrogen and oxygen atoms in total. The molecule has 0 fully saturated rings. The van der Waals surface area contributed by atoms with Gasteiger partial charge in [0, 0.05) is 18.2 Å². The first kappa shape index (κ1) is 23.8. The monoisotopic (exact) mass is 392 g/mol. The van der Waals surface area contributed by atoms with Crippen LogP contribution in [0.25, 0.3) is 0 Å². The van der Waals surface area contributed by atoms with Crippen LogP contribution < -0.4 is 20.1 Å². The lowest BCUT2D eigenvalue weighted by Crippen LogP contribution is -2.47. The van der Waals surface area contributed by atoms with Gasteiger partial charge in [-0.25, -0.2) is 0 Å². The summed E-state index contributed by atoms with van der Waals surface area (Å²) in [4.78, 5) is 24.9. The first-order chi connectivity index (χ1) is 13.3. The van der Waals surface area contributed by atoms with Crippen LogP contribution in [0.15, 0.2) is 18.2 Å². The van der Waals surface area contributed by atoms with Gasteiger partial charge >= 0.3 is 0 Å². The van der Waals surface area contributed by atoms with E-state index in [9.17, 15) is 9.59 Å². The van der Waals surface area contributed by atoms with Crippen molar-refractivity contribution in [3.8, 4) is 11.5 Å². The van der Waals surface area contributed by atoms with Gasteiger partial charge in [-0.2, -0.15) is 0 Å². The molecule has 1 atom stereocenters. The lowest BCUT2D eigenvalue weighted by molar-refractivity contribution is -0.127. The number of carbonyl (C=O) groups excluding carboxylic acids is 2. The van der Waals surface area contributed by atoms with Crippen LogP contribution in [0.3, 0.4) is 0 Å². The van der Waals surface area contributed by atoms with Crippen molar-refractivity contribution in [2.24, 2.45) is 11.8 Å². The van der Waals surface area contributed by atoms with Crippen molar-refractivity contribution in [2.75, 3.05) is 18.5 Å². The second-order valence-electron chi connectivity index (χ2n) is 7.73. The van der Waals surface area contributed by atoms with Crippen LogP contribution >= 0.6 is 0 Å². The predicted octanol–water partition coefficient (Wildman–Crippen LogP) is 4.39. The first-order valence-electron chi connectivity index (χ1n) is 10.3. The fourth-order valence-corrected chi connectivity index (χ4v) is 2.60. The van der Waals surface area contributed by atoms with Crippen molar-refractivity contribution in [3.63, 3.8) is 0 Å². The summed E-state index contributed by atoms with van der Waals surface area (Å²) in [7, 11) is 0. The molecule has 1 aromatic rings. The second-order valence-corrected chi connectivity index (χ2v) is 7.73. The van der Waals surface area contributed by atoms with Gasteiger partial charge in [0.2, 0.25) is 11.8 Å². The standard InChI is InChI=1S/C22H36N2O4/c1-7-11-27-18-10-9-17(14-19(18)28-12-8-2)23-22(26)21(16(5)6)24-20(25)13-15(3)4/h9-10,14-16,21H,7-8,11-13H2,1-6H3,(H,23,26)(H,24,25). The first-order valence-corrected chi connectivity index (χ1v) is 10.3. The van der Waals surface area contributed by atoms with E-state index in [1.165, 1.54) is 0 Å². The van der Waals surface area contributed by atoms with Gasteiger partial charge in [0.15, 0.2) is 11.5 Å². The Hall–Kier alpha value is -2.24. The van der Waals surface area contributed by atoms with Gasteiger partial charge in [-0.1, -0.05) is 41.5 Å². The van der Waals surface area contributed by atoms with Gasteiger partial charge in [0.05, 0.1) is 13.2 Å². The Morgan fingerprint density at radius 1 is 0.964 bits per heavy atom. The van der Waals surface area contributed by atoms with Crippen molar-refractivity contribution in [1.29, 1.82) is 0 Å². The quantitative estimate of drug-likeness (QED) is 0.553. The van der Waals surface area contributed by atoms with Crippen LogP contribution in [0.5, 0.6) is 11.5 Å². The average Bonchev–Trinajstić information content (AvgIpc) is 2.62. The highest BCUT2D eigenvalue weighted by Crippen LogP contribution is 2.31. The zero-order valence-corrected chi connectivity index (χ0v) is 18.1. The average molecular weight is 393 g/mol. The zero-order valence-electron chi connectivity index (χ0n) is 18.1. The van der Waals surface area contributed by atoms with Crippen LogP contribution in [0.1, 0.15) is 60.8 Å². The molecule has 1 rings (SSSR count). The Bertz CT molecular complexity index is 629. The molecular weight excluding hydrogens is 356 g/mol. The Balaban J connectivity index is 2.90. The number of benzene rings is 1. The molecule has 158 valence electrons. The molecule has 28 heavy (non-hydrogen) atoms. The summed E-state index contributed by atoms with van der Waals surface area (Å²) < 4.78 is 11.5. The van der Waals surface area contributed by atoms with E-state index in [-0.39, 0.29) is 23.7 Å². The predicted molar refractivity (Wildman–Crippen MR) is 113 cm³/mol. The number of carbonyl (C=O) groups is 2. The van der Waals surface area contributed by atoms with E-state index in [0.29, 0.717) is 36.8 Å². The summed E-state index contributed by atoms with van der Waals surface area (Å²) >= 11 is 0. The van der Waals surface area contributed by atoms with Crippen LogP contribution in [0, 0.1) is 11.8 Å². The van der Waals surface area contributed by atoms with Crippen LogP contribution in [0.4, 0.5) is 5.69 Å². The van der Waals surface area contributed by atoms with Crippen molar-refractivity contribution in [2.45, 2.75) is 66.8 Å². The molecule has 0 spiro atoms. The Labute approximate surface area is 169 Å². The second kappa shape index (κ2) is 12.3. The van der Waals surface area contributed by atoms with Crippen LogP contribution in [-0.2, 0) is 9.59 Å². The maximum atomic E-state index is 12.8. The molecule has 2 N–H and O–H groups in total. The summed E-state index contributed by atoms with van der Waals surface area (Å²) in [6, 6.07) is 4.76. The number of nitrogens with one attached hydrogen (secondary N) is 2.